The molecule has 1 unspecified atom stereocenters. The SMILES string of the molecule is COc1ccc(C2CC(=O)c3c(O)cc(OC)c(CC=C(C)C)c3O2)cc1O. The number of allylic oxidation sites excluding steroid dienone is 2. The summed E-state index contributed by atoms with van der Waals surface area (Å²) < 4.78 is 16.6. The number of benzene rings is 2. The maximum absolute atomic E-state index is 12.8. The molecular weight excluding hydrogens is 360 g/mol. The molecular formula is C22H24O6. The van der Waals surface area contributed by atoms with E-state index in [9.17, 15) is 15.0 Å². The van der Waals surface area contributed by atoms with Gasteiger partial charge in [0.25, 0.3) is 0 Å². The number of Topliss-reactive ketones (excluding diaryl/α,β-unsaturated/α-hetero) is 1. The molecule has 28 heavy (non-hydrogen) atoms. The second-order valence-electron chi connectivity index (χ2n) is 6.93. The molecule has 0 fully saturated rings. The van der Waals surface area contributed by atoms with Crippen molar-refractivity contribution in [2.24, 2.45) is 0 Å². The molecule has 0 saturated carbocycles. The number of methoxy groups -OCH3 is 2. The van der Waals surface area contributed by atoms with Crippen LogP contribution in [0, 0.1) is 0 Å². The summed E-state index contributed by atoms with van der Waals surface area (Å²) in [6, 6.07) is 6.35. The number of aromatic hydroxyl groups is 2. The van der Waals surface area contributed by atoms with Gasteiger partial charge in [0.2, 0.25) is 0 Å². The molecule has 2 N–H and O–H groups in total. The molecule has 1 heterocycles. The Kier molecular flexibility index (Phi) is 5.49. The zero-order valence-electron chi connectivity index (χ0n) is 16.4. The lowest BCUT2D eigenvalue weighted by Crippen LogP contribution is -2.22. The van der Waals surface area contributed by atoms with E-state index in [1.165, 1.54) is 26.4 Å². The number of ketones is 1. The largest absolute Gasteiger partial charge is 0.507 e. The summed E-state index contributed by atoms with van der Waals surface area (Å²) >= 11 is 0. The van der Waals surface area contributed by atoms with E-state index in [1.807, 2.05) is 19.9 Å². The molecule has 6 heteroatoms. The van der Waals surface area contributed by atoms with Gasteiger partial charge >= 0.3 is 0 Å². The Morgan fingerprint density at radius 1 is 1.14 bits per heavy atom. The van der Waals surface area contributed by atoms with Gasteiger partial charge < -0.3 is 24.4 Å². The van der Waals surface area contributed by atoms with Crippen LogP contribution in [0.25, 0.3) is 0 Å². The molecule has 0 spiro atoms. The molecule has 6 nitrogen and oxygen atoms in total. The van der Waals surface area contributed by atoms with E-state index < -0.39 is 6.10 Å². The Bertz CT molecular complexity index is 941. The molecule has 0 saturated heterocycles. The Balaban J connectivity index is 2.08. The fourth-order valence-corrected chi connectivity index (χ4v) is 3.29. The van der Waals surface area contributed by atoms with Crippen LogP contribution in [0.4, 0.5) is 0 Å². The zero-order chi connectivity index (χ0) is 20.4. The van der Waals surface area contributed by atoms with Gasteiger partial charge in [0.05, 0.1) is 20.6 Å². The summed E-state index contributed by atoms with van der Waals surface area (Å²) in [5.41, 5.74) is 2.63. The first-order chi connectivity index (χ1) is 13.3. The average molecular weight is 384 g/mol. The van der Waals surface area contributed by atoms with Crippen LogP contribution in [0.15, 0.2) is 35.9 Å². The second-order valence-corrected chi connectivity index (χ2v) is 6.93. The van der Waals surface area contributed by atoms with Crippen molar-refractivity contribution in [2.45, 2.75) is 32.8 Å². The van der Waals surface area contributed by atoms with Crippen molar-refractivity contribution in [3.8, 4) is 28.7 Å². The van der Waals surface area contributed by atoms with Crippen molar-refractivity contribution in [1.29, 1.82) is 0 Å². The summed E-state index contributed by atoms with van der Waals surface area (Å²) in [7, 11) is 2.98. The Morgan fingerprint density at radius 3 is 2.46 bits per heavy atom. The molecule has 2 aromatic rings. The first-order valence-corrected chi connectivity index (χ1v) is 8.98. The van der Waals surface area contributed by atoms with Crippen LogP contribution < -0.4 is 14.2 Å². The molecule has 148 valence electrons. The summed E-state index contributed by atoms with van der Waals surface area (Å²) in [5.74, 6) is 0.717. The van der Waals surface area contributed by atoms with Crippen LogP contribution >= 0.6 is 0 Å². The number of phenols is 2. The van der Waals surface area contributed by atoms with Crippen molar-refractivity contribution in [3.05, 3.63) is 52.6 Å². The smallest absolute Gasteiger partial charge is 0.174 e. The number of ether oxygens (including phenoxy) is 3. The molecule has 0 bridgehead atoms. The van der Waals surface area contributed by atoms with Gasteiger partial charge in [0, 0.05) is 11.6 Å². The monoisotopic (exact) mass is 384 g/mol. The summed E-state index contributed by atoms with van der Waals surface area (Å²) in [6.07, 6.45) is 1.97. The molecule has 0 aromatic heterocycles. The van der Waals surface area contributed by atoms with Crippen LogP contribution in [-0.2, 0) is 6.42 Å². The van der Waals surface area contributed by atoms with E-state index in [1.54, 1.807) is 12.1 Å². The van der Waals surface area contributed by atoms with Gasteiger partial charge in [-0.05, 0) is 38.0 Å². The fourth-order valence-electron chi connectivity index (χ4n) is 3.29. The van der Waals surface area contributed by atoms with Gasteiger partial charge in [-0.1, -0.05) is 17.7 Å². The van der Waals surface area contributed by atoms with E-state index in [-0.39, 0.29) is 29.3 Å². The maximum Gasteiger partial charge on any atom is 0.174 e. The quantitative estimate of drug-likeness (QED) is 0.747. The number of carbonyl (C=O) groups is 1. The van der Waals surface area contributed by atoms with E-state index in [2.05, 4.69) is 0 Å². The Hall–Kier alpha value is -3.15. The Labute approximate surface area is 164 Å². The lowest BCUT2D eigenvalue weighted by molar-refractivity contribution is 0.0842. The van der Waals surface area contributed by atoms with Gasteiger partial charge in [0.15, 0.2) is 17.3 Å². The number of hydrogen-bond acceptors (Lipinski definition) is 6. The summed E-state index contributed by atoms with van der Waals surface area (Å²) in [5, 5.41) is 20.4. The van der Waals surface area contributed by atoms with Crippen LogP contribution in [0.3, 0.4) is 0 Å². The maximum atomic E-state index is 12.8. The van der Waals surface area contributed by atoms with E-state index in [4.69, 9.17) is 14.2 Å². The third-order valence-electron chi connectivity index (χ3n) is 4.74. The highest BCUT2D eigenvalue weighted by molar-refractivity contribution is 6.03. The molecule has 1 atom stereocenters. The number of rotatable bonds is 5. The highest BCUT2D eigenvalue weighted by atomic mass is 16.5. The number of carbonyl (C=O) groups excluding carboxylic acids is 1. The topological polar surface area (TPSA) is 85.2 Å². The lowest BCUT2D eigenvalue weighted by atomic mass is 9.92. The minimum absolute atomic E-state index is 0.0277. The van der Waals surface area contributed by atoms with Gasteiger partial charge in [-0.25, -0.2) is 0 Å². The first kappa shape index (κ1) is 19.6. The summed E-state index contributed by atoms with van der Waals surface area (Å²) in [6.45, 7) is 3.96. The van der Waals surface area contributed by atoms with Crippen molar-refractivity contribution in [2.75, 3.05) is 14.2 Å². The molecule has 1 aliphatic rings. The molecule has 3 rings (SSSR count). The predicted molar refractivity (Wildman–Crippen MR) is 105 cm³/mol. The standard InChI is InChI=1S/C22H24O6/c1-12(2)5-7-14-20(27-4)11-17(25)21-16(24)10-19(28-22(14)21)13-6-8-18(26-3)15(23)9-13/h5-6,8-9,11,19,23,25H,7,10H2,1-4H3. The normalized spacial score (nSPS) is 15.4. The first-order valence-electron chi connectivity index (χ1n) is 8.98. The molecule has 0 radical (unpaired) electrons. The predicted octanol–water partition coefficient (Wildman–Crippen LogP) is 4.33. The van der Waals surface area contributed by atoms with Crippen LogP contribution in [0.1, 0.15) is 47.9 Å². The molecule has 2 aromatic carbocycles. The molecule has 0 aliphatic carbocycles. The van der Waals surface area contributed by atoms with E-state index in [0.29, 0.717) is 34.8 Å². The number of hydrogen-bond donors (Lipinski definition) is 2. The minimum atomic E-state index is -0.589. The van der Waals surface area contributed by atoms with E-state index >= 15 is 0 Å². The van der Waals surface area contributed by atoms with Gasteiger partial charge in [-0.15, -0.1) is 0 Å². The molecule has 0 amide bonds. The lowest BCUT2D eigenvalue weighted by Gasteiger charge is -2.29. The third kappa shape index (κ3) is 3.63. The summed E-state index contributed by atoms with van der Waals surface area (Å²) in [4.78, 5) is 12.8. The van der Waals surface area contributed by atoms with Gasteiger partial charge in [-0.3, -0.25) is 4.79 Å². The third-order valence-corrected chi connectivity index (χ3v) is 4.74. The second kappa shape index (κ2) is 7.84. The van der Waals surface area contributed by atoms with Gasteiger partial charge in [-0.2, -0.15) is 0 Å². The van der Waals surface area contributed by atoms with Crippen molar-refractivity contribution < 1.29 is 29.2 Å². The fraction of sp³-hybridized carbons (Fsp3) is 0.318. The minimum Gasteiger partial charge on any atom is -0.507 e. The van der Waals surface area contributed by atoms with Crippen molar-refractivity contribution in [1.82, 2.24) is 0 Å². The van der Waals surface area contributed by atoms with Crippen LogP contribution in [0.5, 0.6) is 28.7 Å². The van der Waals surface area contributed by atoms with Crippen molar-refractivity contribution >= 4 is 5.78 Å². The number of fused-ring (bicyclic) bond motifs is 1. The van der Waals surface area contributed by atoms with Crippen molar-refractivity contribution in [3.63, 3.8) is 0 Å². The Morgan fingerprint density at radius 2 is 1.86 bits per heavy atom. The highest BCUT2D eigenvalue weighted by Crippen LogP contribution is 2.46. The number of phenolic OH excluding ortho intramolecular Hbond substituents is 2. The highest BCUT2D eigenvalue weighted by Gasteiger charge is 2.34. The van der Waals surface area contributed by atoms with Gasteiger partial charge in [0.1, 0.15) is 28.9 Å². The van der Waals surface area contributed by atoms with E-state index in [0.717, 1.165) is 5.57 Å². The average Bonchev–Trinajstić information content (AvgIpc) is 2.66. The molecule has 1 aliphatic heterocycles. The zero-order valence-corrected chi connectivity index (χ0v) is 16.4. The van der Waals surface area contributed by atoms with Crippen LogP contribution in [-0.4, -0.2) is 30.2 Å². The van der Waals surface area contributed by atoms with Crippen LogP contribution in [0.2, 0.25) is 0 Å².